The molecule has 10 nitrogen and oxygen atoms in total. The largest absolute Gasteiger partial charge is 0.482 e. The Morgan fingerprint density at radius 1 is 1.06 bits per heavy atom. The molecule has 11 heteroatoms. The number of hydrogen-bond donors (Lipinski definition) is 2. The highest BCUT2D eigenvalue weighted by atomic mass is 32.2. The summed E-state index contributed by atoms with van der Waals surface area (Å²) in [5.41, 5.74) is 3.55. The van der Waals surface area contributed by atoms with Gasteiger partial charge in [0.15, 0.2) is 6.61 Å². The van der Waals surface area contributed by atoms with Gasteiger partial charge < -0.3 is 15.0 Å². The first-order valence-electron chi connectivity index (χ1n) is 10.6. The number of primary sulfonamides is 1. The number of rotatable bonds is 6. The van der Waals surface area contributed by atoms with Crippen LogP contribution in [0, 0.1) is 0 Å². The number of fused-ring (bicyclic) bond motifs is 1. The molecule has 0 fully saturated rings. The SMILES string of the molecule is NS(=O)(=O)c1ccc(Nc2nccc(-c3ccc4c(c3)N(Cc3cccnc3)C(=O)CO4)n2)cc1. The minimum Gasteiger partial charge on any atom is -0.482 e. The number of carbonyl (C=O) groups is 1. The van der Waals surface area contributed by atoms with Crippen LogP contribution in [0.3, 0.4) is 0 Å². The van der Waals surface area contributed by atoms with Gasteiger partial charge in [0.05, 0.1) is 22.8 Å². The van der Waals surface area contributed by atoms with Gasteiger partial charge in [-0.2, -0.15) is 0 Å². The van der Waals surface area contributed by atoms with Gasteiger partial charge in [-0.1, -0.05) is 6.07 Å². The predicted octanol–water partition coefficient (Wildman–Crippen LogP) is 2.86. The molecule has 0 unspecified atom stereocenters. The standard InChI is InChI=1S/C24H20N6O4S/c25-35(32,33)19-6-4-18(5-7-19)28-24-27-11-9-20(29-24)17-3-8-22-21(12-17)30(23(31)15-34-22)14-16-2-1-10-26-13-16/h1-13H,14-15H2,(H2,25,32,33)(H,27,28,29). The number of anilines is 3. The molecule has 0 saturated heterocycles. The van der Waals surface area contributed by atoms with Crippen LogP contribution in [-0.4, -0.2) is 35.9 Å². The van der Waals surface area contributed by atoms with Crippen LogP contribution in [0.2, 0.25) is 0 Å². The number of ether oxygens (including phenoxy) is 1. The zero-order valence-corrected chi connectivity index (χ0v) is 19.1. The summed E-state index contributed by atoms with van der Waals surface area (Å²) in [4.78, 5) is 27.3. The average Bonchev–Trinajstić information content (AvgIpc) is 2.86. The molecule has 0 spiro atoms. The van der Waals surface area contributed by atoms with Gasteiger partial charge in [0.1, 0.15) is 5.75 Å². The molecule has 0 saturated carbocycles. The number of sulfonamides is 1. The number of nitrogens with two attached hydrogens (primary N) is 1. The van der Waals surface area contributed by atoms with E-state index < -0.39 is 10.0 Å². The van der Waals surface area contributed by atoms with Crippen molar-refractivity contribution in [2.75, 3.05) is 16.8 Å². The van der Waals surface area contributed by atoms with E-state index >= 15 is 0 Å². The molecule has 1 aliphatic rings. The van der Waals surface area contributed by atoms with Gasteiger partial charge in [-0.15, -0.1) is 0 Å². The first kappa shape index (κ1) is 22.4. The summed E-state index contributed by atoms with van der Waals surface area (Å²) < 4.78 is 28.5. The third-order valence-corrected chi connectivity index (χ3v) is 6.28. The molecule has 0 radical (unpaired) electrons. The van der Waals surface area contributed by atoms with Gasteiger partial charge in [-0.3, -0.25) is 9.78 Å². The summed E-state index contributed by atoms with van der Waals surface area (Å²) in [6.07, 6.45) is 5.02. The highest BCUT2D eigenvalue weighted by Gasteiger charge is 2.26. The van der Waals surface area contributed by atoms with Gasteiger partial charge in [0.2, 0.25) is 16.0 Å². The van der Waals surface area contributed by atoms with Crippen LogP contribution in [0.5, 0.6) is 5.75 Å². The van der Waals surface area contributed by atoms with Crippen molar-refractivity contribution in [3.63, 3.8) is 0 Å². The molecule has 4 aromatic rings. The highest BCUT2D eigenvalue weighted by Crippen LogP contribution is 2.36. The molecular weight excluding hydrogens is 468 g/mol. The molecule has 0 aliphatic carbocycles. The molecule has 0 bridgehead atoms. The zero-order valence-electron chi connectivity index (χ0n) is 18.3. The molecule has 3 N–H and O–H groups in total. The Balaban J connectivity index is 1.42. The van der Waals surface area contributed by atoms with Gasteiger partial charge in [-0.25, -0.2) is 23.5 Å². The van der Waals surface area contributed by atoms with E-state index in [1.165, 1.54) is 12.1 Å². The average molecular weight is 489 g/mol. The Morgan fingerprint density at radius 3 is 2.63 bits per heavy atom. The molecule has 2 aromatic heterocycles. The minimum absolute atomic E-state index is 0.0133. The first-order valence-corrected chi connectivity index (χ1v) is 12.1. The predicted molar refractivity (Wildman–Crippen MR) is 129 cm³/mol. The topological polar surface area (TPSA) is 140 Å². The Bertz CT molecular complexity index is 1490. The quantitative estimate of drug-likeness (QED) is 0.422. The molecule has 2 aromatic carbocycles. The fourth-order valence-electron chi connectivity index (χ4n) is 3.65. The van der Waals surface area contributed by atoms with Gasteiger partial charge in [-0.05, 0) is 60.2 Å². The number of carbonyl (C=O) groups excluding carboxylic acids is 1. The van der Waals surface area contributed by atoms with Crippen LogP contribution in [0.25, 0.3) is 11.3 Å². The summed E-state index contributed by atoms with van der Waals surface area (Å²) in [7, 11) is -3.77. The van der Waals surface area contributed by atoms with Crippen molar-refractivity contribution in [2.24, 2.45) is 5.14 Å². The van der Waals surface area contributed by atoms with Crippen LogP contribution >= 0.6 is 0 Å². The number of aromatic nitrogens is 3. The Kier molecular flexibility index (Phi) is 5.85. The molecule has 0 atom stereocenters. The molecule has 5 rings (SSSR count). The molecule has 176 valence electrons. The molecule has 1 aliphatic heterocycles. The van der Waals surface area contributed by atoms with Crippen LogP contribution in [0.4, 0.5) is 17.3 Å². The number of amides is 1. The van der Waals surface area contributed by atoms with E-state index in [0.717, 1.165) is 11.1 Å². The number of benzene rings is 2. The maximum absolute atomic E-state index is 12.7. The summed E-state index contributed by atoms with van der Waals surface area (Å²) in [5, 5.41) is 8.19. The van der Waals surface area contributed by atoms with Crippen molar-refractivity contribution in [3.8, 4) is 17.0 Å². The minimum atomic E-state index is -3.77. The lowest BCUT2D eigenvalue weighted by atomic mass is 10.1. The van der Waals surface area contributed by atoms with Crippen molar-refractivity contribution < 1.29 is 17.9 Å². The Hall–Kier alpha value is -4.35. The second-order valence-electron chi connectivity index (χ2n) is 7.77. The van der Waals surface area contributed by atoms with Gasteiger partial charge in [0, 0.05) is 29.8 Å². The van der Waals surface area contributed by atoms with Crippen molar-refractivity contribution >= 4 is 33.3 Å². The Morgan fingerprint density at radius 2 is 1.89 bits per heavy atom. The third-order valence-electron chi connectivity index (χ3n) is 5.36. The molecule has 1 amide bonds. The van der Waals surface area contributed by atoms with E-state index in [0.29, 0.717) is 35.3 Å². The fraction of sp³-hybridized carbons (Fsp3) is 0.0833. The smallest absolute Gasteiger partial charge is 0.265 e. The van der Waals surface area contributed by atoms with E-state index in [1.54, 1.807) is 41.7 Å². The summed E-state index contributed by atoms with van der Waals surface area (Å²) >= 11 is 0. The van der Waals surface area contributed by atoms with Crippen LogP contribution in [0.1, 0.15) is 5.56 Å². The van der Waals surface area contributed by atoms with Crippen molar-refractivity contribution in [1.29, 1.82) is 0 Å². The van der Waals surface area contributed by atoms with Crippen molar-refractivity contribution in [3.05, 3.63) is 84.8 Å². The molecule has 3 heterocycles. The summed E-state index contributed by atoms with van der Waals surface area (Å²) in [6.45, 7) is 0.343. The van der Waals surface area contributed by atoms with Crippen LogP contribution in [-0.2, 0) is 21.4 Å². The zero-order chi connectivity index (χ0) is 24.4. The van der Waals surface area contributed by atoms with Crippen molar-refractivity contribution in [1.82, 2.24) is 15.0 Å². The lowest BCUT2D eigenvalue weighted by molar-refractivity contribution is -0.121. The number of hydrogen-bond acceptors (Lipinski definition) is 8. The summed E-state index contributed by atoms with van der Waals surface area (Å²) in [5.74, 6) is 0.786. The maximum Gasteiger partial charge on any atom is 0.265 e. The monoisotopic (exact) mass is 488 g/mol. The lowest BCUT2D eigenvalue weighted by Crippen LogP contribution is -2.38. The first-order chi connectivity index (χ1) is 16.9. The summed E-state index contributed by atoms with van der Waals surface area (Å²) in [6, 6.07) is 17.0. The maximum atomic E-state index is 12.7. The third kappa shape index (κ3) is 4.95. The second-order valence-corrected chi connectivity index (χ2v) is 9.33. The normalized spacial score (nSPS) is 13.2. The fourth-order valence-corrected chi connectivity index (χ4v) is 4.16. The van der Waals surface area contributed by atoms with E-state index in [1.807, 2.05) is 30.3 Å². The highest BCUT2D eigenvalue weighted by molar-refractivity contribution is 7.89. The van der Waals surface area contributed by atoms with Crippen LogP contribution < -0.4 is 20.1 Å². The van der Waals surface area contributed by atoms with Crippen molar-refractivity contribution in [2.45, 2.75) is 11.4 Å². The molecular formula is C24H20N6O4S. The lowest BCUT2D eigenvalue weighted by Gasteiger charge is -2.29. The van der Waals surface area contributed by atoms with E-state index in [4.69, 9.17) is 9.88 Å². The van der Waals surface area contributed by atoms with Gasteiger partial charge >= 0.3 is 0 Å². The van der Waals surface area contributed by atoms with E-state index in [9.17, 15) is 13.2 Å². The molecule has 35 heavy (non-hydrogen) atoms. The van der Waals surface area contributed by atoms with Crippen LogP contribution in [0.15, 0.2) is 84.1 Å². The van der Waals surface area contributed by atoms with E-state index in [2.05, 4.69) is 20.3 Å². The second kappa shape index (κ2) is 9.12. The number of pyridine rings is 1. The number of nitrogens with zero attached hydrogens (tertiary/aromatic N) is 4. The van der Waals surface area contributed by atoms with E-state index in [-0.39, 0.29) is 17.4 Å². The Labute approximate surface area is 201 Å². The van der Waals surface area contributed by atoms with Gasteiger partial charge in [0.25, 0.3) is 5.91 Å². The number of nitrogens with one attached hydrogen (secondary N) is 1.